The van der Waals surface area contributed by atoms with E-state index < -0.39 is 0 Å². The monoisotopic (exact) mass is 217 g/mol. The molecule has 1 aromatic heterocycles. The highest BCUT2D eigenvalue weighted by atomic mass is 16.5. The zero-order valence-electron chi connectivity index (χ0n) is 9.47. The summed E-state index contributed by atoms with van der Waals surface area (Å²) < 4.78 is 4.67. The van der Waals surface area contributed by atoms with E-state index in [9.17, 15) is 0 Å². The average molecular weight is 217 g/mol. The third-order valence-corrected chi connectivity index (χ3v) is 2.55. The van der Waals surface area contributed by atoms with E-state index in [1.165, 1.54) is 17.5 Å². The van der Waals surface area contributed by atoms with Gasteiger partial charge in [-0.05, 0) is 19.4 Å². The molecule has 4 nitrogen and oxygen atoms in total. The maximum absolute atomic E-state index is 4.67. The molecule has 0 aliphatic rings. The number of hydrogen-bond acceptors (Lipinski definition) is 4. The van der Waals surface area contributed by atoms with Crippen molar-refractivity contribution in [3.63, 3.8) is 0 Å². The van der Waals surface area contributed by atoms with Crippen molar-refractivity contribution >= 4 is 0 Å². The topological polar surface area (TPSA) is 51.0 Å². The highest BCUT2D eigenvalue weighted by Gasteiger charge is 2.05. The first-order chi connectivity index (χ1) is 7.75. The summed E-state index contributed by atoms with van der Waals surface area (Å²) in [4.78, 5) is 3.96. The molecule has 0 bridgehead atoms. The fourth-order valence-corrected chi connectivity index (χ4v) is 1.49. The molecule has 16 heavy (non-hydrogen) atoms. The van der Waals surface area contributed by atoms with Gasteiger partial charge in [0.1, 0.15) is 0 Å². The van der Waals surface area contributed by atoms with Crippen molar-refractivity contribution in [2.45, 2.75) is 26.4 Å². The van der Waals surface area contributed by atoms with Gasteiger partial charge in [0.25, 0.3) is 0 Å². The second-order valence-electron chi connectivity index (χ2n) is 3.86. The summed E-state index contributed by atoms with van der Waals surface area (Å²) in [6.45, 7) is 4.82. The van der Waals surface area contributed by atoms with Gasteiger partial charge in [-0.1, -0.05) is 35.0 Å². The third kappa shape index (κ3) is 2.67. The van der Waals surface area contributed by atoms with Gasteiger partial charge in [0.05, 0.1) is 6.54 Å². The van der Waals surface area contributed by atoms with Crippen LogP contribution in [0.15, 0.2) is 35.2 Å². The first-order valence-corrected chi connectivity index (χ1v) is 5.31. The van der Waals surface area contributed by atoms with Crippen LogP contribution in [-0.4, -0.2) is 10.1 Å². The summed E-state index contributed by atoms with van der Waals surface area (Å²) >= 11 is 0. The lowest BCUT2D eigenvalue weighted by Gasteiger charge is -2.12. The summed E-state index contributed by atoms with van der Waals surface area (Å²) in [5.41, 5.74) is 2.53. The van der Waals surface area contributed by atoms with Crippen molar-refractivity contribution in [3.8, 4) is 0 Å². The normalized spacial score (nSPS) is 12.6. The number of nitrogens with zero attached hydrogens (tertiary/aromatic N) is 2. The van der Waals surface area contributed by atoms with Crippen LogP contribution in [0.2, 0.25) is 0 Å². The highest BCUT2D eigenvalue weighted by Crippen LogP contribution is 2.13. The molecule has 4 heteroatoms. The molecule has 1 heterocycles. The molecule has 1 unspecified atom stereocenters. The first-order valence-electron chi connectivity index (χ1n) is 5.31. The minimum absolute atomic E-state index is 0.277. The average Bonchev–Trinajstić information content (AvgIpc) is 2.80. The summed E-state index contributed by atoms with van der Waals surface area (Å²) in [6.07, 6.45) is 1.34. The van der Waals surface area contributed by atoms with Gasteiger partial charge in [-0.3, -0.25) is 0 Å². The number of nitrogens with one attached hydrogen (secondary N) is 1. The van der Waals surface area contributed by atoms with Crippen molar-refractivity contribution in [1.29, 1.82) is 0 Å². The molecule has 84 valence electrons. The Balaban J connectivity index is 1.93. The minimum Gasteiger partial charge on any atom is -0.343 e. The number of aromatic nitrogens is 2. The molecule has 0 amide bonds. The molecular weight excluding hydrogens is 202 g/mol. The van der Waals surface area contributed by atoms with Gasteiger partial charge in [-0.15, -0.1) is 0 Å². The van der Waals surface area contributed by atoms with Gasteiger partial charge in [0.2, 0.25) is 6.39 Å². The Morgan fingerprint density at radius 1 is 1.31 bits per heavy atom. The zero-order chi connectivity index (χ0) is 11.4. The predicted molar refractivity (Wildman–Crippen MR) is 60.7 cm³/mol. The van der Waals surface area contributed by atoms with Crippen molar-refractivity contribution in [3.05, 3.63) is 47.6 Å². The molecule has 0 saturated heterocycles. The van der Waals surface area contributed by atoms with Crippen LogP contribution >= 0.6 is 0 Å². The van der Waals surface area contributed by atoms with Gasteiger partial charge in [0.15, 0.2) is 5.82 Å². The SMILES string of the molecule is Cc1ccc(C(C)NCc2ncon2)cc1. The predicted octanol–water partition coefficient (Wildman–Crippen LogP) is 2.23. The Kier molecular flexibility index (Phi) is 3.31. The molecule has 1 aromatic carbocycles. The van der Waals surface area contributed by atoms with E-state index in [0.717, 1.165) is 0 Å². The van der Waals surface area contributed by atoms with Gasteiger partial charge in [-0.25, -0.2) is 0 Å². The Hall–Kier alpha value is -1.68. The van der Waals surface area contributed by atoms with E-state index in [2.05, 4.69) is 58.1 Å². The van der Waals surface area contributed by atoms with E-state index in [-0.39, 0.29) is 6.04 Å². The van der Waals surface area contributed by atoms with E-state index in [0.29, 0.717) is 12.4 Å². The van der Waals surface area contributed by atoms with Gasteiger partial charge in [0, 0.05) is 6.04 Å². The molecule has 1 N–H and O–H groups in total. The van der Waals surface area contributed by atoms with E-state index in [1.807, 2.05) is 0 Å². The third-order valence-electron chi connectivity index (χ3n) is 2.55. The second kappa shape index (κ2) is 4.90. The molecule has 0 fully saturated rings. The summed E-state index contributed by atoms with van der Waals surface area (Å²) in [5.74, 6) is 0.680. The second-order valence-corrected chi connectivity index (χ2v) is 3.86. The maximum atomic E-state index is 4.67. The minimum atomic E-state index is 0.277. The molecule has 0 spiro atoms. The molecule has 2 rings (SSSR count). The van der Waals surface area contributed by atoms with Crippen LogP contribution < -0.4 is 5.32 Å². The molecule has 1 atom stereocenters. The summed E-state index contributed by atoms with van der Waals surface area (Å²) in [5, 5.41) is 7.08. The Bertz CT molecular complexity index is 422. The number of aryl methyl sites for hydroxylation is 1. The van der Waals surface area contributed by atoms with Crippen LogP contribution in [-0.2, 0) is 6.54 Å². The lowest BCUT2D eigenvalue weighted by atomic mass is 10.1. The van der Waals surface area contributed by atoms with Gasteiger partial charge in [-0.2, -0.15) is 4.98 Å². The largest absolute Gasteiger partial charge is 0.343 e. The lowest BCUT2D eigenvalue weighted by molar-refractivity contribution is 0.405. The molecular formula is C12H15N3O. The molecule has 0 saturated carbocycles. The Morgan fingerprint density at radius 3 is 2.69 bits per heavy atom. The van der Waals surface area contributed by atoms with Crippen molar-refractivity contribution in [2.24, 2.45) is 0 Å². The summed E-state index contributed by atoms with van der Waals surface area (Å²) in [7, 11) is 0. The van der Waals surface area contributed by atoms with Crippen molar-refractivity contribution < 1.29 is 4.52 Å². The highest BCUT2D eigenvalue weighted by molar-refractivity contribution is 5.23. The Labute approximate surface area is 94.7 Å². The van der Waals surface area contributed by atoms with Crippen LogP contribution in [0, 0.1) is 6.92 Å². The van der Waals surface area contributed by atoms with Crippen LogP contribution in [0.25, 0.3) is 0 Å². The van der Waals surface area contributed by atoms with Gasteiger partial charge >= 0.3 is 0 Å². The standard InChI is InChI=1S/C12H15N3O/c1-9-3-5-11(6-4-9)10(2)13-7-12-14-8-16-15-12/h3-6,8,10,13H,7H2,1-2H3. The lowest BCUT2D eigenvalue weighted by Crippen LogP contribution is -2.18. The molecule has 0 aliphatic heterocycles. The van der Waals surface area contributed by atoms with Crippen LogP contribution in [0.5, 0.6) is 0 Å². The van der Waals surface area contributed by atoms with E-state index >= 15 is 0 Å². The van der Waals surface area contributed by atoms with E-state index in [4.69, 9.17) is 0 Å². The number of rotatable bonds is 4. The quantitative estimate of drug-likeness (QED) is 0.853. The number of hydrogen-bond donors (Lipinski definition) is 1. The molecule has 2 aromatic rings. The van der Waals surface area contributed by atoms with Crippen LogP contribution in [0.1, 0.15) is 29.9 Å². The fraction of sp³-hybridized carbons (Fsp3) is 0.333. The first kappa shape index (κ1) is 10.8. The smallest absolute Gasteiger partial charge is 0.213 e. The fourth-order valence-electron chi connectivity index (χ4n) is 1.49. The molecule has 0 radical (unpaired) electrons. The Morgan fingerprint density at radius 2 is 2.06 bits per heavy atom. The van der Waals surface area contributed by atoms with Gasteiger partial charge < -0.3 is 9.84 Å². The summed E-state index contributed by atoms with van der Waals surface area (Å²) in [6, 6.07) is 8.76. The van der Waals surface area contributed by atoms with Crippen LogP contribution in [0.3, 0.4) is 0 Å². The maximum Gasteiger partial charge on any atom is 0.213 e. The zero-order valence-corrected chi connectivity index (χ0v) is 9.47. The number of benzene rings is 1. The molecule has 0 aliphatic carbocycles. The van der Waals surface area contributed by atoms with Crippen molar-refractivity contribution in [2.75, 3.05) is 0 Å². The van der Waals surface area contributed by atoms with Crippen LogP contribution in [0.4, 0.5) is 0 Å². The van der Waals surface area contributed by atoms with Crippen molar-refractivity contribution in [1.82, 2.24) is 15.5 Å². The van der Waals surface area contributed by atoms with E-state index in [1.54, 1.807) is 0 Å².